The number of carbonyl (C=O) groups excluding carboxylic acids is 3. The number of fused-ring (bicyclic) bond motifs is 1. The van der Waals surface area contributed by atoms with Crippen LogP contribution in [-0.2, 0) is 9.59 Å². The fourth-order valence-electron chi connectivity index (χ4n) is 3.41. The van der Waals surface area contributed by atoms with Gasteiger partial charge in [0.2, 0.25) is 11.8 Å². The molecule has 3 amide bonds. The Hall–Kier alpha value is -3.48. The number of nitrogens with one attached hydrogen (secondary N) is 2. The Morgan fingerprint density at radius 3 is 2.59 bits per heavy atom. The third kappa shape index (κ3) is 3.31. The molecule has 4 rings (SSSR count). The van der Waals surface area contributed by atoms with Gasteiger partial charge in [-0.3, -0.25) is 24.8 Å². The van der Waals surface area contributed by atoms with E-state index in [1.807, 2.05) is 12.2 Å². The molecule has 0 spiro atoms. The topological polar surface area (TPSA) is 91.4 Å². The summed E-state index contributed by atoms with van der Waals surface area (Å²) >= 11 is 0. The van der Waals surface area contributed by atoms with Crippen molar-refractivity contribution in [2.24, 2.45) is 11.8 Å². The molecule has 2 heterocycles. The summed E-state index contributed by atoms with van der Waals surface area (Å²) in [4.78, 5) is 41.6. The van der Waals surface area contributed by atoms with Gasteiger partial charge < -0.3 is 5.32 Å². The molecule has 1 aromatic heterocycles. The first-order valence-electron chi connectivity index (χ1n) is 8.74. The van der Waals surface area contributed by atoms with Crippen LogP contribution < -0.4 is 15.8 Å². The van der Waals surface area contributed by atoms with Crippen LogP contribution in [-0.4, -0.2) is 22.7 Å². The van der Waals surface area contributed by atoms with Crippen molar-refractivity contribution in [1.82, 2.24) is 10.4 Å². The first-order chi connectivity index (χ1) is 13.1. The predicted molar refractivity (Wildman–Crippen MR) is 99.6 cm³/mol. The van der Waals surface area contributed by atoms with Crippen molar-refractivity contribution in [2.45, 2.75) is 12.8 Å². The van der Waals surface area contributed by atoms with E-state index in [2.05, 4.69) is 15.7 Å². The van der Waals surface area contributed by atoms with Crippen LogP contribution in [0.15, 0.2) is 60.9 Å². The Morgan fingerprint density at radius 1 is 1.07 bits per heavy atom. The van der Waals surface area contributed by atoms with E-state index in [1.54, 1.807) is 48.8 Å². The molecule has 1 aromatic carbocycles. The van der Waals surface area contributed by atoms with E-state index < -0.39 is 0 Å². The van der Waals surface area contributed by atoms with Crippen LogP contribution >= 0.6 is 0 Å². The highest BCUT2D eigenvalue weighted by Gasteiger charge is 2.42. The highest BCUT2D eigenvalue weighted by molar-refractivity contribution is 6.07. The number of carbonyl (C=O) groups is 3. The van der Waals surface area contributed by atoms with Crippen molar-refractivity contribution >= 4 is 29.1 Å². The SMILES string of the molecule is O=C(Nc1ccncc1)c1cccc(N2NC(=O)C3CC=CCC3C2=O)c1. The van der Waals surface area contributed by atoms with E-state index in [9.17, 15) is 14.4 Å². The molecular formula is C20H18N4O3. The zero-order valence-corrected chi connectivity index (χ0v) is 14.5. The van der Waals surface area contributed by atoms with Crippen LogP contribution in [0.4, 0.5) is 11.4 Å². The lowest BCUT2D eigenvalue weighted by molar-refractivity contribution is -0.139. The largest absolute Gasteiger partial charge is 0.322 e. The van der Waals surface area contributed by atoms with E-state index in [0.717, 1.165) is 0 Å². The second-order valence-electron chi connectivity index (χ2n) is 6.55. The number of pyridine rings is 1. The van der Waals surface area contributed by atoms with Gasteiger partial charge in [0.25, 0.3) is 5.91 Å². The van der Waals surface area contributed by atoms with E-state index in [0.29, 0.717) is 29.8 Å². The quantitative estimate of drug-likeness (QED) is 0.820. The molecular weight excluding hydrogens is 344 g/mol. The molecule has 7 nitrogen and oxygen atoms in total. The first-order valence-corrected chi connectivity index (χ1v) is 8.74. The van der Waals surface area contributed by atoms with Gasteiger partial charge in [-0.1, -0.05) is 18.2 Å². The van der Waals surface area contributed by atoms with Gasteiger partial charge in [0.15, 0.2) is 0 Å². The van der Waals surface area contributed by atoms with E-state index >= 15 is 0 Å². The fourth-order valence-corrected chi connectivity index (χ4v) is 3.41. The number of hydrogen-bond donors (Lipinski definition) is 2. The molecule has 1 aliphatic carbocycles. The number of benzene rings is 1. The summed E-state index contributed by atoms with van der Waals surface area (Å²) in [5.74, 6) is -1.32. The van der Waals surface area contributed by atoms with Crippen LogP contribution in [0, 0.1) is 11.8 Å². The van der Waals surface area contributed by atoms with Crippen LogP contribution in [0.3, 0.4) is 0 Å². The smallest absolute Gasteiger partial charge is 0.255 e. The van der Waals surface area contributed by atoms with Crippen LogP contribution in [0.25, 0.3) is 0 Å². The standard InChI is InChI=1S/C20H18N4O3/c25-18(22-14-8-10-21-11-9-14)13-4-3-5-15(12-13)24-20(27)17-7-2-1-6-16(17)19(26)23-24/h1-5,8-12,16-17H,6-7H2,(H,23,26)(H,21,22,25). The van der Waals surface area contributed by atoms with Crippen molar-refractivity contribution in [3.8, 4) is 0 Å². The predicted octanol–water partition coefficient (Wildman–Crippen LogP) is 2.29. The van der Waals surface area contributed by atoms with Crippen LogP contribution in [0.1, 0.15) is 23.2 Å². The molecule has 2 unspecified atom stereocenters. The molecule has 0 saturated carbocycles. The normalized spacial score (nSPS) is 21.4. The zero-order valence-electron chi connectivity index (χ0n) is 14.5. The summed E-state index contributed by atoms with van der Waals surface area (Å²) in [6.45, 7) is 0. The molecule has 2 aromatic rings. The molecule has 0 bridgehead atoms. The molecule has 7 heteroatoms. The van der Waals surface area contributed by atoms with Gasteiger partial charge in [0, 0.05) is 23.6 Å². The molecule has 0 radical (unpaired) electrons. The summed E-state index contributed by atoms with van der Waals surface area (Å²) in [6, 6.07) is 10.00. The molecule has 1 fully saturated rings. The van der Waals surface area contributed by atoms with Gasteiger partial charge in [-0.05, 0) is 43.2 Å². The van der Waals surface area contributed by atoms with Gasteiger partial charge in [-0.15, -0.1) is 0 Å². The Balaban J connectivity index is 1.57. The van der Waals surface area contributed by atoms with Crippen molar-refractivity contribution in [3.05, 3.63) is 66.5 Å². The molecule has 27 heavy (non-hydrogen) atoms. The fraction of sp³-hybridized carbons (Fsp3) is 0.200. The summed E-state index contributed by atoms with van der Waals surface area (Å²) < 4.78 is 0. The Labute approximate surface area is 156 Å². The molecule has 2 N–H and O–H groups in total. The Kier molecular flexibility index (Phi) is 4.42. The Bertz CT molecular complexity index is 926. The van der Waals surface area contributed by atoms with E-state index in [1.165, 1.54) is 5.01 Å². The summed E-state index contributed by atoms with van der Waals surface area (Å²) in [7, 11) is 0. The lowest BCUT2D eigenvalue weighted by Crippen LogP contribution is -2.59. The van der Waals surface area contributed by atoms with Crippen molar-refractivity contribution in [2.75, 3.05) is 10.3 Å². The van der Waals surface area contributed by atoms with Gasteiger partial charge >= 0.3 is 0 Å². The number of hydrazine groups is 1. The number of hydrogen-bond acceptors (Lipinski definition) is 4. The minimum Gasteiger partial charge on any atom is -0.322 e. The van der Waals surface area contributed by atoms with Gasteiger partial charge in [0.05, 0.1) is 17.5 Å². The maximum Gasteiger partial charge on any atom is 0.255 e. The molecule has 136 valence electrons. The van der Waals surface area contributed by atoms with Gasteiger partial charge in [0.1, 0.15) is 0 Å². The third-order valence-electron chi connectivity index (χ3n) is 4.83. The van der Waals surface area contributed by atoms with Crippen LogP contribution in [0.5, 0.6) is 0 Å². The summed E-state index contributed by atoms with van der Waals surface area (Å²) in [5, 5.41) is 4.03. The van der Waals surface area contributed by atoms with Crippen molar-refractivity contribution in [1.29, 1.82) is 0 Å². The second kappa shape index (κ2) is 7.03. The number of nitrogens with zero attached hydrogens (tertiary/aromatic N) is 2. The average molecular weight is 362 g/mol. The van der Waals surface area contributed by atoms with E-state index in [4.69, 9.17) is 0 Å². The maximum atomic E-state index is 12.8. The number of aromatic nitrogens is 1. The summed E-state index contributed by atoms with van der Waals surface area (Å²) in [5.41, 5.74) is 4.14. The average Bonchev–Trinajstić information content (AvgIpc) is 2.71. The molecule has 2 aliphatic rings. The monoisotopic (exact) mass is 362 g/mol. The number of rotatable bonds is 3. The second-order valence-corrected chi connectivity index (χ2v) is 6.55. The highest BCUT2D eigenvalue weighted by atomic mass is 16.2. The minimum atomic E-state index is -0.363. The zero-order chi connectivity index (χ0) is 18.8. The van der Waals surface area contributed by atoms with E-state index in [-0.39, 0.29) is 29.6 Å². The number of amides is 3. The number of anilines is 2. The lowest BCUT2D eigenvalue weighted by atomic mass is 9.80. The first kappa shape index (κ1) is 17.0. The highest BCUT2D eigenvalue weighted by Crippen LogP contribution is 2.32. The van der Waals surface area contributed by atoms with Gasteiger partial charge in [-0.25, -0.2) is 5.01 Å². The van der Waals surface area contributed by atoms with Gasteiger partial charge in [-0.2, -0.15) is 0 Å². The Morgan fingerprint density at radius 2 is 1.81 bits per heavy atom. The van der Waals surface area contributed by atoms with Crippen molar-refractivity contribution in [3.63, 3.8) is 0 Å². The third-order valence-corrected chi connectivity index (χ3v) is 4.83. The summed E-state index contributed by atoms with van der Waals surface area (Å²) in [6.07, 6.45) is 8.17. The molecule has 1 saturated heterocycles. The number of allylic oxidation sites excluding steroid dienone is 2. The molecule has 2 atom stereocenters. The maximum absolute atomic E-state index is 12.8. The van der Waals surface area contributed by atoms with Crippen molar-refractivity contribution < 1.29 is 14.4 Å². The molecule has 1 aliphatic heterocycles. The lowest BCUT2D eigenvalue weighted by Gasteiger charge is -2.38. The van der Waals surface area contributed by atoms with Crippen LogP contribution in [0.2, 0.25) is 0 Å². The minimum absolute atomic E-state index is 0.157.